The Morgan fingerprint density at radius 1 is 1.42 bits per heavy atom. The van der Waals surface area contributed by atoms with E-state index in [1.807, 2.05) is 19.6 Å². The van der Waals surface area contributed by atoms with E-state index >= 15 is 0 Å². The second kappa shape index (κ2) is 4.35. The second-order valence-electron chi connectivity index (χ2n) is 2.94. The van der Waals surface area contributed by atoms with Crippen LogP contribution in [0.2, 0.25) is 0 Å². The summed E-state index contributed by atoms with van der Waals surface area (Å²) < 4.78 is 10.8. The lowest BCUT2D eigenvalue weighted by Crippen LogP contribution is -2.37. The molecule has 0 amide bonds. The third kappa shape index (κ3) is 2.73. The van der Waals surface area contributed by atoms with Crippen LogP contribution < -0.4 is 0 Å². The first-order valence-electron chi connectivity index (χ1n) is 3.90. The molecule has 0 fully saturated rings. The average molecular weight is 171 g/mol. The summed E-state index contributed by atoms with van der Waals surface area (Å²) in [5.74, 6) is 0. The molecule has 0 saturated carbocycles. The minimum Gasteiger partial charge on any atom is -0.382 e. The molecule has 68 valence electrons. The number of methoxy groups -OCH3 is 1. The Hall–Kier alpha value is -0.710. The highest BCUT2D eigenvalue weighted by Gasteiger charge is 2.18. The largest absolute Gasteiger partial charge is 0.382 e. The smallest absolute Gasteiger partial charge is 0.196 e. The first kappa shape index (κ1) is 9.38. The van der Waals surface area contributed by atoms with Crippen molar-refractivity contribution in [2.24, 2.45) is 4.99 Å². The van der Waals surface area contributed by atoms with Crippen molar-refractivity contribution in [3.05, 3.63) is 12.4 Å². The highest BCUT2D eigenvalue weighted by Crippen LogP contribution is 2.05. The van der Waals surface area contributed by atoms with Gasteiger partial charge in [-0.2, -0.15) is 0 Å². The van der Waals surface area contributed by atoms with Crippen LogP contribution in [-0.4, -0.2) is 44.9 Å². The summed E-state index contributed by atoms with van der Waals surface area (Å²) in [5.41, 5.74) is 0. The number of rotatable bonds is 5. The minimum atomic E-state index is 0.614. The number of hydrogen-bond acceptors (Lipinski definition) is 3. The van der Waals surface area contributed by atoms with Crippen molar-refractivity contribution >= 4 is 6.34 Å². The van der Waals surface area contributed by atoms with Crippen molar-refractivity contribution in [2.45, 2.75) is 0 Å². The van der Waals surface area contributed by atoms with Crippen LogP contribution in [0.5, 0.6) is 0 Å². The molecule has 0 N–H and O–H groups in total. The van der Waals surface area contributed by atoms with Crippen LogP contribution in [0.25, 0.3) is 0 Å². The summed E-state index contributed by atoms with van der Waals surface area (Å²) in [4.78, 5) is 3.99. The normalized spacial score (nSPS) is 26.8. The van der Waals surface area contributed by atoms with Gasteiger partial charge in [-0.15, -0.1) is 0 Å². The molecule has 1 unspecified atom stereocenters. The number of hydrogen-bond donors (Lipinski definition) is 0. The average Bonchev–Trinajstić information content (AvgIpc) is 2.47. The maximum absolute atomic E-state index is 5.37. The summed E-state index contributed by atoms with van der Waals surface area (Å²) in [6, 6.07) is 0. The van der Waals surface area contributed by atoms with Crippen LogP contribution in [0, 0.1) is 0 Å². The van der Waals surface area contributed by atoms with Gasteiger partial charge in [-0.05, 0) is 0 Å². The number of aliphatic imine (C=N–C) groups is 1. The molecule has 1 rings (SSSR count). The van der Waals surface area contributed by atoms with Crippen LogP contribution in [0.4, 0.5) is 0 Å². The number of ether oxygens (including phenoxy) is 2. The van der Waals surface area contributed by atoms with Gasteiger partial charge in [0.1, 0.15) is 6.20 Å². The Bertz CT molecular complexity index is 177. The quantitative estimate of drug-likeness (QED) is 0.447. The summed E-state index contributed by atoms with van der Waals surface area (Å²) in [7, 11) is 3.69. The molecule has 4 nitrogen and oxygen atoms in total. The van der Waals surface area contributed by atoms with Crippen molar-refractivity contribution in [2.75, 3.05) is 34.1 Å². The number of quaternary nitrogens is 1. The van der Waals surface area contributed by atoms with Gasteiger partial charge in [-0.25, -0.2) is 9.48 Å². The third-order valence-corrected chi connectivity index (χ3v) is 1.62. The number of nitrogens with zero attached hydrogens (tertiary/aromatic N) is 2. The summed E-state index contributed by atoms with van der Waals surface area (Å²) in [6.45, 7) is 1.89. The lowest BCUT2D eigenvalue weighted by Gasteiger charge is -2.20. The maximum Gasteiger partial charge on any atom is 0.196 e. The van der Waals surface area contributed by atoms with E-state index in [-0.39, 0.29) is 0 Å². The molecular weight excluding hydrogens is 156 g/mol. The highest BCUT2D eigenvalue weighted by molar-refractivity contribution is 5.50. The van der Waals surface area contributed by atoms with E-state index in [2.05, 4.69) is 4.99 Å². The lowest BCUT2D eigenvalue weighted by atomic mass is 10.6. The Morgan fingerprint density at radius 2 is 2.25 bits per heavy atom. The third-order valence-electron chi connectivity index (χ3n) is 1.62. The second-order valence-corrected chi connectivity index (χ2v) is 2.94. The van der Waals surface area contributed by atoms with Gasteiger partial charge in [0.25, 0.3) is 0 Å². The Balaban J connectivity index is 2.14. The van der Waals surface area contributed by atoms with E-state index in [1.54, 1.807) is 13.3 Å². The zero-order chi connectivity index (χ0) is 8.86. The van der Waals surface area contributed by atoms with E-state index in [1.165, 1.54) is 0 Å². The predicted octanol–water partition coefficient (Wildman–Crippen LogP) is 0.567. The maximum atomic E-state index is 5.37. The topological polar surface area (TPSA) is 30.8 Å². The zero-order valence-electron chi connectivity index (χ0n) is 7.56. The lowest BCUT2D eigenvalue weighted by molar-refractivity contribution is -0.782. The standard InChI is InChI=1S/C8H15N2O2/c1-10(4-3-9-7-10)8-12-6-5-11-2/h3-4,7H,5-6,8H2,1-2H3/q+1. The van der Waals surface area contributed by atoms with Gasteiger partial charge >= 0.3 is 0 Å². The molecule has 0 saturated heterocycles. The first-order valence-corrected chi connectivity index (χ1v) is 3.90. The summed E-state index contributed by atoms with van der Waals surface area (Å²) in [5, 5.41) is 0. The van der Waals surface area contributed by atoms with Crippen molar-refractivity contribution in [1.29, 1.82) is 0 Å². The fraction of sp³-hybridized carbons (Fsp3) is 0.625. The zero-order valence-corrected chi connectivity index (χ0v) is 7.56. The molecule has 1 aliphatic heterocycles. The Kier molecular flexibility index (Phi) is 3.40. The fourth-order valence-electron chi connectivity index (χ4n) is 0.900. The van der Waals surface area contributed by atoms with E-state index < -0.39 is 0 Å². The van der Waals surface area contributed by atoms with Crippen molar-refractivity contribution in [1.82, 2.24) is 0 Å². The van der Waals surface area contributed by atoms with Crippen LogP contribution in [0.15, 0.2) is 17.4 Å². The van der Waals surface area contributed by atoms with Crippen LogP contribution >= 0.6 is 0 Å². The van der Waals surface area contributed by atoms with Crippen molar-refractivity contribution < 1.29 is 14.0 Å². The van der Waals surface area contributed by atoms with Gasteiger partial charge < -0.3 is 9.47 Å². The predicted molar refractivity (Wildman–Crippen MR) is 46.5 cm³/mol. The van der Waals surface area contributed by atoms with Gasteiger partial charge in [-0.3, -0.25) is 0 Å². The van der Waals surface area contributed by atoms with Gasteiger partial charge in [0.05, 0.1) is 26.5 Å². The first-order chi connectivity index (χ1) is 5.77. The van der Waals surface area contributed by atoms with Gasteiger partial charge in [-0.1, -0.05) is 0 Å². The molecule has 0 radical (unpaired) electrons. The molecule has 1 heterocycles. The summed E-state index contributed by atoms with van der Waals surface area (Å²) >= 11 is 0. The van der Waals surface area contributed by atoms with E-state index in [0.717, 1.165) is 0 Å². The molecule has 0 aliphatic carbocycles. The summed E-state index contributed by atoms with van der Waals surface area (Å²) in [6.07, 6.45) is 5.60. The minimum absolute atomic E-state index is 0.614. The molecule has 0 aromatic rings. The van der Waals surface area contributed by atoms with Gasteiger partial charge in [0.15, 0.2) is 13.1 Å². The van der Waals surface area contributed by atoms with Crippen molar-refractivity contribution in [3.8, 4) is 0 Å². The van der Waals surface area contributed by atoms with E-state index in [9.17, 15) is 0 Å². The fourth-order valence-corrected chi connectivity index (χ4v) is 0.900. The van der Waals surface area contributed by atoms with Crippen molar-refractivity contribution in [3.63, 3.8) is 0 Å². The molecule has 12 heavy (non-hydrogen) atoms. The molecule has 1 atom stereocenters. The van der Waals surface area contributed by atoms with Crippen LogP contribution in [0.3, 0.4) is 0 Å². The van der Waals surface area contributed by atoms with Crippen LogP contribution in [-0.2, 0) is 9.47 Å². The van der Waals surface area contributed by atoms with Crippen LogP contribution in [0.1, 0.15) is 0 Å². The molecule has 1 aliphatic rings. The SMILES string of the molecule is COCCOC[N+]1(C)C=CN=C1. The highest BCUT2D eigenvalue weighted by atomic mass is 16.5. The molecule has 0 bridgehead atoms. The van der Waals surface area contributed by atoms with E-state index in [4.69, 9.17) is 9.47 Å². The Labute approximate surface area is 72.7 Å². The molecular formula is C8H15N2O2+. The molecule has 4 heteroatoms. The van der Waals surface area contributed by atoms with Gasteiger partial charge in [0, 0.05) is 7.11 Å². The monoisotopic (exact) mass is 171 g/mol. The Morgan fingerprint density at radius 3 is 2.83 bits per heavy atom. The molecule has 0 spiro atoms. The molecule has 0 aromatic heterocycles. The molecule has 0 aromatic carbocycles. The van der Waals surface area contributed by atoms with Gasteiger partial charge in [0.2, 0.25) is 0 Å². The van der Waals surface area contributed by atoms with E-state index in [0.29, 0.717) is 24.4 Å².